The van der Waals surface area contributed by atoms with Gasteiger partial charge in [0.1, 0.15) is 11.9 Å². The van der Waals surface area contributed by atoms with Crippen molar-refractivity contribution in [2.45, 2.75) is 19.3 Å². The van der Waals surface area contributed by atoms with Crippen molar-refractivity contribution in [2.75, 3.05) is 0 Å². The summed E-state index contributed by atoms with van der Waals surface area (Å²) < 4.78 is 18.6. The number of rotatable bonds is 3. The summed E-state index contributed by atoms with van der Waals surface area (Å²) in [6.45, 7) is 12.7. The Morgan fingerprint density at radius 2 is 1.31 bits per heavy atom. The van der Waals surface area contributed by atoms with E-state index in [1.54, 1.807) is 0 Å². The van der Waals surface area contributed by atoms with Crippen LogP contribution in [0.2, 0.25) is 0 Å². The van der Waals surface area contributed by atoms with E-state index < -0.39 is 5.82 Å². The van der Waals surface area contributed by atoms with Crippen molar-refractivity contribution >= 4 is 27.5 Å². The molecule has 0 saturated carbocycles. The van der Waals surface area contributed by atoms with Crippen LogP contribution in [0.4, 0.5) is 10.1 Å². The summed E-state index contributed by atoms with van der Waals surface area (Å²) in [4.78, 5) is 3.74. The number of nitriles is 1. The van der Waals surface area contributed by atoms with Gasteiger partial charge in [-0.3, -0.25) is 0 Å². The van der Waals surface area contributed by atoms with Crippen LogP contribution < -0.4 is 0 Å². The minimum absolute atomic E-state index is 0.137. The number of hydrogen-bond donors (Lipinski definition) is 0. The third-order valence-corrected chi connectivity index (χ3v) is 9.34. The Kier molecular flexibility index (Phi) is 5.79. The highest BCUT2D eigenvalue weighted by molar-refractivity contribution is 6.13. The summed E-state index contributed by atoms with van der Waals surface area (Å²) in [5, 5.41) is 12.6. The van der Waals surface area contributed by atoms with Crippen molar-refractivity contribution in [2.24, 2.45) is 0 Å². The lowest BCUT2D eigenvalue weighted by Gasteiger charge is -2.24. The SMILES string of the molecule is [C-]#[N+]c1c(F)c(C#N)c(-c2ccccc2)c(-n2c3ccccc3c3cc4c(cc32)C(C)(C)c2ccccc2-4)c1-c1ccccc1. The van der Waals surface area contributed by atoms with Gasteiger partial charge in [0, 0.05) is 27.3 Å². The van der Waals surface area contributed by atoms with Gasteiger partial charge in [0.2, 0.25) is 5.69 Å². The highest BCUT2D eigenvalue weighted by Gasteiger charge is 2.37. The molecule has 0 spiro atoms. The van der Waals surface area contributed by atoms with Crippen LogP contribution in [-0.2, 0) is 5.41 Å². The molecular formula is C41H26FN3. The van der Waals surface area contributed by atoms with Gasteiger partial charge in [-0.05, 0) is 51.6 Å². The number of aromatic nitrogens is 1. The minimum Gasteiger partial charge on any atom is -0.309 e. The van der Waals surface area contributed by atoms with Crippen LogP contribution in [0.15, 0.2) is 121 Å². The molecule has 8 rings (SSSR count). The standard InChI is InChI=1S/C41H26FN3/c1-41(2)32-20-12-10-18-27(32)29-22-30-28-19-11-13-21-34(28)45(35(30)23-33(29)41)40-36(25-14-6-4-7-15-25)31(24-43)38(42)39(44-3)37(40)26-16-8-5-9-17-26/h4-23H,1-2H3. The van der Waals surface area contributed by atoms with Crippen LogP contribution in [-0.4, -0.2) is 4.57 Å². The van der Waals surface area contributed by atoms with Crippen molar-refractivity contribution in [3.63, 3.8) is 0 Å². The lowest BCUT2D eigenvalue weighted by molar-refractivity contribution is 0.630. The van der Waals surface area contributed by atoms with Crippen LogP contribution in [0.3, 0.4) is 0 Å². The molecule has 0 fully saturated rings. The van der Waals surface area contributed by atoms with Gasteiger partial charge in [-0.1, -0.05) is 117 Å². The monoisotopic (exact) mass is 579 g/mol. The number of hydrogen-bond acceptors (Lipinski definition) is 1. The van der Waals surface area contributed by atoms with Crippen molar-refractivity contribution < 1.29 is 4.39 Å². The van der Waals surface area contributed by atoms with E-state index in [0.29, 0.717) is 27.9 Å². The topological polar surface area (TPSA) is 33.1 Å². The molecule has 0 atom stereocenters. The van der Waals surface area contributed by atoms with E-state index >= 15 is 4.39 Å². The summed E-state index contributed by atoms with van der Waals surface area (Å²) >= 11 is 0. The zero-order valence-corrected chi connectivity index (χ0v) is 24.8. The molecule has 1 aromatic heterocycles. The van der Waals surface area contributed by atoms with Gasteiger partial charge in [0.05, 0.1) is 28.9 Å². The van der Waals surface area contributed by atoms with E-state index in [0.717, 1.165) is 21.8 Å². The Bertz CT molecular complexity index is 2340. The molecule has 0 bridgehead atoms. The number of para-hydroxylation sites is 1. The van der Waals surface area contributed by atoms with E-state index in [-0.39, 0.29) is 16.7 Å². The highest BCUT2D eigenvalue weighted by Crippen LogP contribution is 2.53. The van der Waals surface area contributed by atoms with Gasteiger partial charge in [-0.15, -0.1) is 0 Å². The molecule has 1 aliphatic rings. The zero-order valence-electron chi connectivity index (χ0n) is 24.8. The molecule has 0 saturated heterocycles. The van der Waals surface area contributed by atoms with E-state index in [4.69, 9.17) is 6.57 Å². The highest BCUT2D eigenvalue weighted by atomic mass is 19.1. The first-order valence-corrected chi connectivity index (χ1v) is 14.9. The Hall–Kier alpha value is -5.97. The fraction of sp³-hybridized carbons (Fsp3) is 0.0732. The van der Waals surface area contributed by atoms with E-state index in [2.05, 4.69) is 77.9 Å². The van der Waals surface area contributed by atoms with Crippen LogP contribution in [0.1, 0.15) is 30.5 Å². The van der Waals surface area contributed by atoms with Crippen molar-refractivity contribution in [3.05, 3.63) is 155 Å². The van der Waals surface area contributed by atoms with Gasteiger partial charge >= 0.3 is 0 Å². The minimum atomic E-state index is -0.799. The molecule has 0 unspecified atom stereocenters. The third kappa shape index (κ3) is 3.67. The quantitative estimate of drug-likeness (QED) is 0.192. The fourth-order valence-electron chi connectivity index (χ4n) is 7.30. The first kappa shape index (κ1) is 26.6. The maximum atomic E-state index is 16.4. The number of fused-ring (bicyclic) bond motifs is 6. The first-order chi connectivity index (χ1) is 22.0. The first-order valence-electron chi connectivity index (χ1n) is 14.9. The number of benzene rings is 6. The molecule has 0 aliphatic heterocycles. The Labute approximate surface area is 260 Å². The average molecular weight is 580 g/mol. The summed E-state index contributed by atoms with van der Waals surface area (Å²) in [6, 6.07) is 42.5. The largest absolute Gasteiger partial charge is 0.309 e. The van der Waals surface area contributed by atoms with Gasteiger partial charge in [0.15, 0.2) is 0 Å². The van der Waals surface area contributed by atoms with E-state index in [9.17, 15) is 5.26 Å². The Morgan fingerprint density at radius 1 is 0.689 bits per heavy atom. The van der Waals surface area contributed by atoms with Gasteiger partial charge in [-0.25, -0.2) is 9.24 Å². The molecule has 7 aromatic rings. The Balaban J connectivity index is 1.63. The summed E-state index contributed by atoms with van der Waals surface area (Å²) in [6.07, 6.45) is 0. The third-order valence-electron chi connectivity index (χ3n) is 9.34. The molecule has 6 aromatic carbocycles. The van der Waals surface area contributed by atoms with E-state index in [1.807, 2.05) is 72.8 Å². The summed E-state index contributed by atoms with van der Waals surface area (Å²) in [7, 11) is 0. The van der Waals surface area contributed by atoms with Crippen molar-refractivity contribution in [1.29, 1.82) is 5.26 Å². The second-order valence-electron chi connectivity index (χ2n) is 12.0. The van der Waals surface area contributed by atoms with Gasteiger partial charge in [-0.2, -0.15) is 5.26 Å². The van der Waals surface area contributed by atoms with Crippen molar-refractivity contribution in [3.8, 4) is 45.1 Å². The molecule has 4 heteroatoms. The lowest BCUT2D eigenvalue weighted by Crippen LogP contribution is -2.15. The zero-order chi connectivity index (χ0) is 30.9. The summed E-state index contributed by atoms with van der Waals surface area (Å²) in [5.74, 6) is -0.799. The van der Waals surface area contributed by atoms with Crippen LogP contribution in [0.25, 0.3) is 65.7 Å². The average Bonchev–Trinajstić information content (AvgIpc) is 3.52. The van der Waals surface area contributed by atoms with Crippen molar-refractivity contribution in [1.82, 2.24) is 4.57 Å². The molecule has 3 nitrogen and oxygen atoms in total. The Morgan fingerprint density at radius 3 is 2.00 bits per heavy atom. The molecule has 0 radical (unpaired) electrons. The van der Waals surface area contributed by atoms with Crippen LogP contribution in [0, 0.1) is 23.7 Å². The van der Waals surface area contributed by atoms with Crippen LogP contribution in [0.5, 0.6) is 0 Å². The molecule has 1 aliphatic carbocycles. The number of nitrogens with zero attached hydrogens (tertiary/aromatic N) is 3. The molecule has 212 valence electrons. The maximum Gasteiger partial charge on any atom is 0.233 e. The maximum absolute atomic E-state index is 16.4. The predicted octanol–water partition coefficient (Wildman–Crippen LogP) is 11.0. The molecular weight excluding hydrogens is 553 g/mol. The predicted molar refractivity (Wildman–Crippen MR) is 180 cm³/mol. The molecule has 0 amide bonds. The molecule has 0 N–H and O–H groups in total. The normalized spacial score (nSPS) is 12.9. The molecule has 1 heterocycles. The van der Waals surface area contributed by atoms with Crippen LogP contribution >= 0.6 is 0 Å². The fourth-order valence-corrected chi connectivity index (χ4v) is 7.30. The number of halogens is 1. The van der Waals surface area contributed by atoms with E-state index in [1.165, 1.54) is 22.3 Å². The summed E-state index contributed by atoms with van der Waals surface area (Å²) in [5.41, 5.74) is 9.21. The second-order valence-corrected chi connectivity index (χ2v) is 12.0. The smallest absolute Gasteiger partial charge is 0.233 e. The molecule has 45 heavy (non-hydrogen) atoms. The van der Waals surface area contributed by atoms with Gasteiger partial charge in [0.25, 0.3) is 0 Å². The lowest BCUT2D eigenvalue weighted by atomic mass is 9.82. The second kappa shape index (κ2) is 9.78. The van der Waals surface area contributed by atoms with Gasteiger partial charge < -0.3 is 4.57 Å².